The Balaban J connectivity index is 0.000000368. The van der Waals surface area contributed by atoms with Gasteiger partial charge >= 0.3 is 0 Å². The fraction of sp³-hybridized carbons (Fsp3) is 0.636. The minimum atomic E-state index is 0.510. The number of rotatable bonds is 9. The van der Waals surface area contributed by atoms with E-state index in [0.29, 0.717) is 33.5 Å². The van der Waals surface area contributed by atoms with Crippen LogP contribution in [0.15, 0.2) is 14.8 Å². The molecule has 0 amide bonds. The van der Waals surface area contributed by atoms with Gasteiger partial charge in [0, 0.05) is 36.9 Å². The van der Waals surface area contributed by atoms with Crippen molar-refractivity contribution in [3.8, 4) is 0 Å². The molecule has 5 heteroatoms. The number of hydrogen-bond acceptors (Lipinski definition) is 5. The molecular formula is C44H72N2S3. The van der Waals surface area contributed by atoms with E-state index in [1.54, 1.807) is 5.56 Å². The second-order valence-electron chi connectivity index (χ2n) is 15.5. The SMILES string of the molecule is Cc1c(C)c(C(C)C)c(C)c(C)c1SC(C)C.Cc1nc(C(C)C)c(C)c(C)c1SC(C)C.Cc1nc(SC(C)C)c(C)c(C)c1C(C)C. The fourth-order valence-corrected chi connectivity index (χ4v) is 9.74. The lowest BCUT2D eigenvalue weighted by Gasteiger charge is -2.23. The molecule has 0 aliphatic heterocycles. The lowest BCUT2D eigenvalue weighted by molar-refractivity contribution is 0.790. The summed E-state index contributed by atoms with van der Waals surface area (Å²) < 4.78 is 0. The zero-order valence-corrected chi connectivity index (χ0v) is 38.0. The van der Waals surface area contributed by atoms with Crippen LogP contribution in [0.25, 0.3) is 0 Å². The van der Waals surface area contributed by atoms with E-state index in [4.69, 9.17) is 9.97 Å². The van der Waals surface area contributed by atoms with Crippen LogP contribution in [-0.4, -0.2) is 25.7 Å². The van der Waals surface area contributed by atoms with Gasteiger partial charge in [-0.3, -0.25) is 4.98 Å². The minimum absolute atomic E-state index is 0.510. The second kappa shape index (κ2) is 20.0. The summed E-state index contributed by atoms with van der Waals surface area (Å²) in [6, 6.07) is 0. The van der Waals surface area contributed by atoms with Gasteiger partial charge < -0.3 is 0 Å². The van der Waals surface area contributed by atoms with Crippen molar-refractivity contribution >= 4 is 35.3 Å². The fourth-order valence-electron chi connectivity index (χ4n) is 6.63. The van der Waals surface area contributed by atoms with E-state index in [1.165, 1.54) is 82.0 Å². The van der Waals surface area contributed by atoms with Crippen LogP contribution in [0.5, 0.6) is 0 Å². The topological polar surface area (TPSA) is 25.8 Å². The summed E-state index contributed by atoms with van der Waals surface area (Å²) in [5.74, 6) is 1.69. The smallest absolute Gasteiger partial charge is 0.0997 e. The lowest BCUT2D eigenvalue weighted by atomic mass is 9.88. The molecule has 2 nitrogen and oxygen atoms in total. The van der Waals surface area contributed by atoms with Crippen molar-refractivity contribution in [2.75, 3.05) is 0 Å². The third kappa shape index (κ3) is 12.3. The largest absolute Gasteiger partial charge is 0.256 e. The van der Waals surface area contributed by atoms with E-state index in [0.717, 1.165) is 0 Å². The standard InChI is InChI=1S/C16H26S.2C14H23NS/c1-9(2)15-11(5)13(7)16(17-10(3)4)14(8)12(15)6;1-8(2)13-10(5)11(6)14(12(7)15-13)16-9(3)4;1-8(2)13-10(5)11(6)14(15-12(13)7)16-9(3)4/h9-10H,1-8H3;2*8-9H,1-7H3. The maximum atomic E-state index is 4.77. The van der Waals surface area contributed by atoms with Crippen LogP contribution in [0, 0.1) is 69.2 Å². The molecule has 0 N–H and O–H groups in total. The molecule has 3 aromatic rings. The molecule has 49 heavy (non-hydrogen) atoms. The number of aryl methyl sites for hydroxylation is 2. The molecule has 0 saturated heterocycles. The molecule has 0 aliphatic carbocycles. The van der Waals surface area contributed by atoms with Gasteiger partial charge in [-0.2, -0.15) is 0 Å². The molecule has 0 unspecified atom stereocenters. The second-order valence-corrected chi connectivity index (χ2v) is 20.3. The third-order valence-electron chi connectivity index (χ3n) is 9.22. The van der Waals surface area contributed by atoms with Gasteiger partial charge in [-0.05, 0) is 143 Å². The molecule has 0 fully saturated rings. The molecule has 0 saturated carbocycles. The molecule has 0 bridgehead atoms. The summed E-state index contributed by atoms with van der Waals surface area (Å²) in [4.78, 5) is 12.4. The van der Waals surface area contributed by atoms with Gasteiger partial charge in [-0.15, -0.1) is 35.3 Å². The van der Waals surface area contributed by atoms with Crippen molar-refractivity contribution in [1.29, 1.82) is 0 Å². The highest BCUT2D eigenvalue weighted by atomic mass is 32.2. The number of aromatic nitrogens is 2. The van der Waals surface area contributed by atoms with Gasteiger partial charge in [0.05, 0.1) is 10.7 Å². The predicted molar refractivity (Wildman–Crippen MR) is 228 cm³/mol. The molecule has 276 valence electrons. The normalized spacial score (nSPS) is 11.6. The monoisotopic (exact) mass is 724 g/mol. The summed E-state index contributed by atoms with van der Waals surface area (Å²) in [5.41, 5.74) is 18.1. The van der Waals surface area contributed by atoms with E-state index in [2.05, 4.69) is 152 Å². The van der Waals surface area contributed by atoms with E-state index in [-0.39, 0.29) is 0 Å². The van der Waals surface area contributed by atoms with Crippen LogP contribution in [0.3, 0.4) is 0 Å². The van der Waals surface area contributed by atoms with Crippen LogP contribution >= 0.6 is 35.3 Å². The zero-order valence-electron chi connectivity index (χ0n) is 35.6. The first-order chi connectivity index (χ1) is 22.5. The minimum Gasteiger partial charge on any atom is -0.256 e. The maximum Gasteiger partial charge on any atom is 0.0997 e. The highest BCUT2D eigenvalue weighted by molar-refractivity contribution is 8.00. The van der Waals surface area contributed by atoms with E-state index in [1.807, 2.05) is 35.3 Å². The molecule has 0 aliphatic rings. The third-order valence-corrected chi connectivity index (χ3v) is 12.9. The van der Waals surface area contributed by atoms with Gasteiger partial charge in [0.1, 0.15) is 0 Å². The lowest BCUT2D eigenvalue weighted by Crippen LogP contribution is -2.05. The first-order valence-corrected chi connectivity index (χ1v) is 21.1. The van der Waals surface area contributed by atoms with Crippen LogP contribution in [-0.2, 0) is 0 Å². The predicted octanol–water partition coefficient (Wildman–Crippen LogP) is 14.8. The van der Waals surface area contributed by atoms with Crippen LogP contribution in [0.2, 0.25) is 0 Å². The summed E-state index contributed by atoms with van der Waals surface area (Å²) in [6.07, 6.45) is 0. The Morgan fingerprint density at radius 1 is 0.347 bits per heavy atom. The molecule has 3 rings (SSSR count). The molecule has 1 aromatic carbocycles. The summed E-state index contributed by atoms with van der Waals surface area (Å²) in [5, 5.41) is 3.06. The summed E-state index contributed by atoms with van der Waals surface area (Å²) >= 11 is 5.79. The number of pyridine rings is 2. The van der Waals surface area contributed by atoms with Crippen molar-refractivity contribution < 1.29 is 0 Å². The van der Waals surface area contributed by atoms with Gasteiger partial charge in [-0.1, -0.05) is 83.1 Å². The maximum absolute atomic E-state index is 4.77. The van der Waals surface area contributed by atoms with Crippen molar-refractivity contribution in [3.63, 3.8) is 0 Å². The average molecular weight is 725 g/mol. The van der Waals surface area contributed by atoms with E-state index in [9.17, 15) is 0 Å². The molecule has 2 heterocycles. The van der Waals surface area contributed by atoms with Gasteiger partial charge in [-0.25, -0.2) is 4.98 Å². The van der Waals surface area contributed by atoms with Crippen LogP contribution < -0.4 is 0 Å². The van der Waals surface area contributed by atoms with Crippen molar-refractivity contribution in [3.05, 3.63) is 72.7 Å². The Morgan fingerprint density at radius 3 is 1.12 bits per heavy atom. The Labute approximate surface area is 317 Å². The Morgan fingerprint density at radius 2 is 0.735 bits per heavy atom. The molecule has 2 aromatic heterocycles. The molecule has 0 atom stereocenters. The molecule has 0 radical (unpaired) electrons. The first kappa shape index (κ1) is 45.6. The molecular weight excluding hydrogens is 653 g/mol. The van der Waals surface area contributed by atoms with Gasteiger partial charge in [0.25, 0.3) is 0 Å². The molecule has 0 spiro atoms. The Hall–Kier alpha value is -1.43. The number of benzene rings is 1. The van der Waals surface area contributed by atoms with Gasteiger partial charge in [0.15, 0.2) is 0 Å². The quantitative estimate of drug-likeness (QED) is 0.205. The highest BCUT2D eigenvalue weighted by Crippen LogP contribution is 2.38. The zero-order chi connectivity index (χ0) is 38.2. The van der Waals surface area contributed by atoms with Crippen molar-refractivity contribution in [2.45, 2.75) is 201 Å². The van der Waals surface area contributed by atoms with Crippen LogP contribution in [0.1, 0.15) is 174 Å². The van der Waals surface area contributed by atoms with Crippen molar-refractivity contribution in [2.24, 2.45) is 0 Å². The summed E-state index contributed by atoms with van der Waals surface area (Å²) in [7, 11) is 0. The number of nitrogens with zero attached hydrogens (tertiary/aromatic N) is 2. The number of thioether (sulfide) groups is 3. The van der Waals surface area contributed by atoms with E-state index < -0.39 is 0 Å². The first-order valence-electron chi connectivity index (χ1n) is 18.5. The average Bonchev–Trinajstić information content (AvgIpc) is 2.96. The van der Waals surface area contributed by atoms with Crippen LogP contribution in [0.4, 0.5) is 0 Å². The van der Waals surface area contributed by atoms with E-state index >= 15 is 0 Å². The summed E-state index contributed by atoms with van der Waals surface area (Å²) in [6.45, 7) is 49.1. The van der Waals surface area contributed by atoms with Gasteiger partial charge in [0.2, 0.25) is 0 Å². The Kier molecular flexibility index (Phi) is 18.6. The number of hydrogen-bond donors (Lipinski definition) is 0. The Bertz CT molecular complexity index is 1520. The highest BCUT2D eigenvalue weighted by Gasteiger charge is 2.18. The van der Waals surface area contributed by atoms with Crippen molar-refractivity contribution in [1.82, 2.24) is 9.97 Å².